The largest absolute Gasteiger partial charge is 0.384 e. The predicted molar refractivity (Wildman–Crippen MR) is 73.8 cm³/mol. The normalized spacial score (nSPS) is 10.4. The van der Waals surface area contributed by atoms with Crippen molar-refractivity contribution in [3.63, 3.8) is 0 Å². The van der Waals surface area contributed by atoms with Crippen LogP contribution >= 0.6 is 0 Å². The summed E-state index contributed by atoms with van der Waals surface area (Å²) in [6.45, 7) is 2.06. The Balaban J connectivity index is 2.21. The number of aromatic nitrogens is 3. The maximum atomic E-state index is 12.1. The van der Waals surface area contributed by atoms with E-state index in [1.165, 1.54) is 0 Å². The molecule has 0 aliphatic heterocycles. The summed E-state index contributed by atoms with van der Waals surface area (Å²) in [5.74, 6) is 0.786. The van der Waals surface area contributed by atoms with Crippen LogP contribution in [0.15, 0.2) is 24.4 Å². The average Bonchev–Trinajstić information content (AvgIpc) is 2.75. The Morgan fingerprint density at radius 1 is 1.47 bits per heavy atom. The van der Waals surface area contributed by atoms with Gasteiger partial charge < -0.3 is 11.1 Å². The van der Waals surface area contributed by atoms with Crippen molar-refractivity contribution < 1.29 is 4.79 Å². The van der Waals surface area contributed by atoms with Crippen LogP contribution in [0.2, 0.25) is 0 Å². The molecule has 0 unspecified atom stereocenters. The lowest BCUT2D eigenvalue weighted by Crippen LogP contribution is -2.15. The van der Waals surface area contributed by atoms with Crippen molar-refractivity contribution in [1.82, 2.24) is 14.8 Å². The Morgan fingerprint density at radius 3 is 2.89 bits per heavy atom. The second-order valence-corrected chi connectivity index (χ2v) is 4.32. The van der Waals surface area contributed by atoms with E-state index in [-0.39, 0.29) is 5.91 Å². The molecule has 0 aliphatic carbocycles. The fourth-order valence-corrected chi connectivity index (χ4v) is 1.81. The van der Waals surface area contributed by atoms with Crippen LogP contribution < -0.4 is 11.1 Å². The molecule has 0 bridgehead atoms. The molecule has 0 fully saturated rings. The molecule has 0 radical (unpaired) electrons. The average molecular weight is 259 g/mol. The van der Waals surface area contributed by atoms with E-state index in [2.05, 4.69) is 22.3 Å². The predicted octanol–water partition coefficient (Wildman–Crippen LogP) is 1.60. The van der Waals surface area contributed by atoms with Gasteiger partial charge in [-0.15, -0.1) is 0 Å². The monoisotopic (exact) mass is 259 g/mol. The maximum Gasteiger partial charge on any atom is 0.257 e. The smallest absolute Gasteiger partial charge is 0.257 e. The minimum atomic E-state index is -0.213. The number of nitrogens with one attached hydrogen (secondary N) is 1. The van der Waals surface area contributed by atoms with Crippen molar-refractivity contribution in [2.75, 3.05) is 11.1 Å². The molecular weight excluding hydrogens is 242 g/mol. The number of carbonyl (C=O) groups excluding carboxylic acids is 1. The van der Waals surface area contributed by atoms with E-state index in [1.807, 2.05) is 0 Å². The molecule has 6 heteroatoms. The third kappa shape index (κ3) is 3.09. The number of nitrogens with two attached hydrogens (primary N) is 1. The molecule has 19 heavy (non-hydrogen) atoms. The Bertz CT molecular complexity index is 590. The lowest BCUT2D eigenvalue weighted by Gasteiger charge is -2.07. The molecule has 3 N–H and O–H groups in total. The fraction of sp³-hybridized carbons (Fsp3) is 0.308. The van der Waals surface area contributed by atoms with E-state index in [1.54, 1.807) is 36.1 Å². The number of pyridine rings is 1. The second-order valence-electron chi connectivity index (χ2n) is 4.32. The molecule has 0 saturated carbocycles. The van der Waals surface area contributed by atoms with Crippen LogP contribution in [0.1, 0.15) is 29.4 Å². The number of aryl methyl sites for hydroxylation is 2. The first-order chi connectivity index (χ1) is 9.10. The SMILES string of the molecule is CCCc1cc(C(=O)Nc2ccnn2C)cc(N)n1. The molecule has 0 atom stereocenters. The number of rotatable bonds is 4. The first-order valence-corrected chi connectivity index (χ1v) is 6.16. The number of amides is 1. The van der Waals surface area contributed by atoms with Crippen molar-refractivity contribution >= 4 is 17.5 Å². The number of carbonyl (C=O) groups is 1. The summed E-state index contributed by atoms with van der Waals surface area (Å²) in [5, 5.41) is 6.77. The number of anilines is 2. The van der Waals surface area contributed by atoms with Crippen molar-refractivity contribution in [3.05, 3.63) is 35.7 Å². The number of hydrogen-bond acceptors (Lipinski definition) is 4. The Labute approximate surface area is 111 Å². The quantitative estimate of drug-likeness (QED) is 0.873. The Morgan fingerprint density at radius 2 is 2.26 bits per heavy atom. The Kier molecular flexibility index (Phi) is 3.79. The summed E-state index contributed by atoms with van der Waals surface area (Å²) in [5.41, 5.74) is 7.06. The number of nitrogens with zero attached hydrogens (tertiary/aromatic N) is 3. The summed E-state index contributed by atoms with van der Waals surface area (Å²) in [6.07, 6.45) is 3.38. The third-order valence-corrected chi connectivity index (χ3v) is 2.73. The van der Waals surface area contributed by atoms with Gasteiger partial charge in [0, 0.05) is 24.4 Å². The first-order valence-electron chi connectivity index (χ1n) is 6.16. The van der Waals surface area contributed by atoms with E-state index < -0.39 is 0 Å². The van der Waals surface area contributed by atoms with Gasteiger partial charge in [0.25, 0.3) is 5.91 Å². The molecule has 2 aromatic heterocycles. The van der Waals surface area contributed by atoms with Crippen molar-refractivity contribution in [1.29, 1.82) is 0 Å². The fourth-order valence-electron chi connectivity index (χ4n) is 1.81. The van der Waals surface area contributed by atoms with Crippen LogP contribution in [0.4, 0.5) is 11.6 Å². The van der Waals surface area contributed by atoms with E-state index in [9.17, 15) is 4.79 Å². The van der Waals surface area contributed by atoms with Gasteiger partial charge in [0.05, 0.1) is 6.20 Å². The van der Waals surface area contributed by atoms with E-state index in [0.29, 0.717) is 17.2 Å². The third-order valence-electron chi connectivity index (χ3n) is 2.73. The summed E-state index contributed by atoms with van der Waals surface area (Å²) in [4.78, 5) is 16.3. The van der Waals surface area contributed by atoms with Gasteiger partial charge in [-0.2, -0.15) is 5.10 Å². The van der Waals surface area contributed by atoms with Gasteiger partial charge in [-0.3, -0.25) is 9.48 Å². The van der Waals surface area contributed by atoms with Crippen molar-refractivity contribution in [2.24, 2.45) is 7.05 Å². The van der Waals surface area contributed by atoms with Crippen molar-refractivity contribution in [3.8, 4) is 0 Å². The lowest BCUT2D eigenvalue weighted by molar-refractivity contribution is 0.102. The first kappa shape index (κ1) is 13.1. The summed E-state index contributed by atoms with van der Waals surface area (Å²) in [6, 6.07) is 5.08. The van der Waals surface area contributed by atoms with Crippen molar-refractivity contribution in [2.45, 2.75) is 19.8 Å². The molecule has 6 nitrogen and oxygen atoms in total. The van der Waals surface area contributed by atoms with Gasteiger partial charge in [-0.1, -0.05) is 13.3 Å². The maximum absolute atomic E-state index is 12.1. The highest BCUT2D eigenvalue weighted by Gasteiger charge is 2.10. The molecule has 0 saturated heterocycles. The van der Waals surface area contributed by atoms with E-state index >= 15 is 0 Å². The van der Waals surface area contributed by atoms with Crippen LogP contribution in [-0.4, -0.2) is 20.7 Å². The zero-order chi connectivity index (χ0) is 13.8. The van der Waals surface area contributed by atoms with Gasteiger partial charge in [0.2, 0.25) is 0 Å². The number of nitrogen functional groups attached to an aromatic ring is 1. The Hall–Kier alpha value is -2.37. The summed E-state index contributed by atoms with van der Waals surface area (Å²) >= 11 is 0. The molecular formula is C13H17N5O. The molecule has 100 valence electrons. The molecule has 0 aliphatic rings. The zero-order valence-electron chi connectivity index (χ0n) is 11.1. The highest BCUT2D eigenvalue weighted by Crippen LogP contribution is 2.12. The van der Waals surface area contributed by atoms with Gasteiger partial charge >= 0.3 is 0 Å². The van der Waals surface area contributed by atoms with Crippen LogP contribution in [0.5, 0.6) is 0 Å². The van der Waals surface area contributed by atoms with Gasteiger partial charge in [0.1, 0.15) is 11.6 Å². The standard InChI is InChI=1S/C13H17N5O/c1-3-4-10-7-9(8-11(14)16-10)13(19)17-12-5-6-15-18(12)2/h5-8H,3-4H2,1-2H3,(H2,14,16)(H,17,19). The second kappa shape index (κ2) is 5.51. The van der Waals surface area contributed by atoms with Gasteiger partial charge in [-0.25, -0.2) is 4.98 Å². The molecule has 0 spiro atoms. The van der Waals surface area contributed by atoms with Crippen LogP contribution in [0.25, 0.3) is 0 Å². The van der Waals surface area contributed by atoms with Crippen LogP contribution in [0.3, 0.4) is 0 Å². The van der Waals surface area contributed by atoms with Gasteiger partial charge in [-0.05, 0) is 18.6 Å². The zero-order valence-corrected chi connectivity index (χ0v) is 11.1. The lowest BCUT2D eigenvalue weighted by atomic mass is 10.1. The number of hydrogen-bond donors (Lipinski definition) is 2. The topological polar surface area (TPSA) is 85.8 Å². The minimum absolute atomic E-state index is 0.213. The highest BCUT2D eigenvalue weighted by atomic mass is 16.1. The molecule has 0 aromatic carbocycles. The summed E-state index contributed by atoms with van der Waals surface area (Å²) < 4.78 is 1.59. The van der Waals surface area contributed by atoms with Crippen LogP contribution in [-0.2, 0) is 13.5 Å². The molecule has 2 aromatic rings. The minimum Gasteiger partial charge on any atom is -0.384 e. The summed E-state index contributed by atoms with van der Waals surface area (Å²) in [7, 11) is 1.76. The van der Waals surface area contributed by atoms with Crippen LogP contribution in [0, 0.1) is 0 Å². The molecule has 1 amide bonds. The van der Waals surface area contributed by atoms with E-state index in [0.717, 1.165) is 18.5 Å². The van der Waals surface area contributed by atoms with Gasteiger partial charge in [0.15, 0.2) is 0 Å². The van der Waals surface area contributed by atoms with E-state index in [4.69, 9.17) is 5.73 Å². The molecule has 2 heterocycles. The molecule has 2 rings (SSSR count). The highest BCUT2D eigenvalue weighted by molar-refractivity contribution is 6.04.